The second-order valence-corrected chi connectivity index (χ2v) is 6.52. The molecule has 0 saturated carbocycles. The number of carbonyl (C=O) groups excluding carboxylic acids is 4. The monoisotopic (exact) mass is 383 g/mol. The summed E-state index contributed by atoms with van der Waals surface area (Å²) < 4.78 is 5.01. The lowest BCUT2D eigenvalue weighted by Gasteiger charge is -2.27. The Bertz CT molecular complexity index is 998. The predicted molar refractivity (Wildman–Crippen MR) is 94.8 cm³/mol. The first-order chi connectivity index (χ1) is 13.5. The second kappa shape index (κ2) is 6.89. The number of nitrogens with zero attached hydrogens (tertiary/aromatic N) is 2. The van der Waals surface area contributed by atoms with Gasteiger partial charge in [-0.05, 0) is 18.1 Å². The normalized spacial score (nSPS) is 19.0. The number of imide groups is 2. The van der Waals surface area contributed by atoms with Crippen LogP contribution >= 0.6 is 0 Å². The Morgan fingerprint density at radius 2 is 2.07 bits per heavy atom. The average Bonchev–Trinajstić information content (AvgIpc) is 3.24. The number of nitrogens with one attached hydrogen (secondary N) is 2. The molecule has 2 aromatic rings. The third-order valence-corrected chi connectivity index (χ3v) is 4.77. The number of aromatic nitrogens is 1. The number of anilines is 1. The summed E-state index contributed by atoms with van der Waals surface area (Å²) in [4.78, 5) is 50.2. The van der Waals surface area contributed by atoms with E-state index in [2.05, 4.69) is 15.8 Å². The maximum Gasteiger partial charge on any atom is 0.262 e. The van der Waals surface area contributed by atoms with Crippen molar-refractivity contribution >= 4 is 29.4 Å². The number of benzene rings is 1. The molecule has 1 saturated heterocycles. The summed E-state index contributed by atoms with van der Waals surface area (Å²) in [5.41, 5.74) is 6.54. The van der Waals surface area contributed by atoms with Gasteiger partial charge in [-0.3, -0.25) is 29.4 Å². The number of piperidine rings is 1. The Morgan fingerprint density at radius 3 is 2.79 bits per heavy atom. The topological polar surface area (TPSA) is 148 Å². The van der Waals surface area contributed by atoms with E-state index in [1.165, 1.54) is 0 Å². The van der Waals surface area contributed by atoms with Gasteiger partial charge >= 0.3 is 0 Å². The standard InChI is InChI=1S/C18H17N5O5/c19-7-10-6-13(22-28-10)20-8-9-2-1-3-11-15(9)18(27)23(17(11)26)12-4-5-14(24)21-16(12)25/h1-3,6,12H,4-5,7-8,19H2,(H,20,22)(H,21,24,25). The van der Waals surface area contributed by atoms with Crippen molar-refractivity contribution in [3.8, 4) is 0 Å². The molecule has 1 fully saturated rings. The maximum absolute atomic E-state index is 13.0. The number of hydrogen-bond acceptors (Lipinski definition) is 8. The highest BCUT2D eigenvalue weighted by Crippen LogP contribution is 2.30. The van der Waals surface area contributed by atoms with Crippen LogP contribution in [-0.4, -0.2) is 39.7 Å². The Morgan fingerprint density at radius 1 is 1.25 bits per heavy atom. The molecule has 10 heteroatoms. The first-order valence-electron chi connectivity index (χ1n) is 8.72. The van der Waals surface area contributed by atoms with Crippen LogP contribution in [0.5, 0.6) is 0 Å². The van der Waals surface area contributed by atoms with Crippen LogP contribution in [0, 0.1) is 0 Å². The van der Waals surface area contributed by atoms with Gasteiger partial charge < -0.3 is 15.6 Å². The van der Waals surface area contributed by atoms with E-state index in [0.717, 1.165) is 4.90 Å². The van der Waals surface area contributed by atoms with Gasteiger partial charge in [-0.25, -0.2) is 0 Å². The van der Waals surface area contributed by atoms with E-state index >= 15 is 0 Å². The van der Waals surface area contributed by atoms with Crippen LogP contribution in [0.15, 0.2) is 28.8 Å². The predicted octanol–water partition coefficient (Wildman–Crippen LogP) is 0.147. The lowest BCUT2D eigenvalue weighted by atomic mass is 10.0. The summed E-state index contributed by atoms with van der Waals surface area (Å²) in [6.45, 7) is 0.436. The van der Waals surface area contributed by atoms with Gasteiger partial charge in [-0.15, -0.1) is 0 Å². The van der Waals surface area contributed by atoms with Crippen molar-refractivity contribution in [2.45, 2.75) is 32.0 Å². The fourth-order valence-electron chi connectivity index (χ4n) is 3.41. The van der Waals surface area contributed by atoms with Crippen molar-refractivity contribution in [3.63, 3.8) is 0 Å². The zero-order valence-electron chi connectivity index (χ0n) is 14.7. The molecule has 1 aromatic carbocycles. The summed E-state index contributed by atoms with van der Waals surface area (Å²) in [5.74, 6) is -1.17. The molecular weight excluding hydrogens is 366 g/mol. The first-order valence-corrected chi connectivity index (χ1v) is 8.72. The summed E-state index contributed by atoms with van der Waals surface area (Å²) >= 11 is 0. The van der Waals surface area contributed by atoms with E-state index in [-0.39, 0.29) is 37.1 Å². The van der Waals surface area contributed by atoms with Crippen molar-refractivity contribution in [1.82, 2.24) is 15.4 Å². The molecule has 0 aliphatic carbocycles. The Labute approximate surface area is 159 Å². The average molecular weight is 383 g/mol. The van der Waals surface area contributed by atoms with E-state index in [4.69, 9.17) is 10.3 Å². The lowest BCUT2D eigenvalue weighted by Crippen LogP contribution is -2.54. The van der Waals surface area contributed by atoms with Crippen LogP contribution < -0.4 is 16.4 Å². The molecule has 1 unspecified atom stereocenters. The molecule has 4 amide bonds. The van der Waals surface area contributed by atoms with E-state index in [1.54, 1.807) is 24.3 Å². The largest absolute Gasteiger partial charge is 0.363 e. The molecule has 2 aliphatic rings. The van der Waals surface area contributed by atoms with Crippen LogP contribution in [0.3, 0.4) is 0 Å². The molecule has 0 spiro atoms. The van der Waals surface area contributed by atoms with Crippen molar-refractivity contribution in [1.29, 1.82) is 0 Å². The SMILES string of the molecule is NCc1cc(NCc2cccc3c2C(=O)N(C2CCC(=O)NC2=O)C3=O)no1. The van der Waals surface area contributed by atoms with Crippen LogP contribution in [0.25, 0.3) is 0 Å². The van der Waals surface area contributed by atoms with E-state index in [1.807, 2.05) is 0 Å². The van der Waals surface area contributed by atoms with Gasteiger partial charge in [-0.1, -0.05) is 17.3 Å². The number of rotatable bonds is 5. The minimum absolute atomic E-state index is 0.0772. The van der Waals surface area contributed by atoms with Crippen LogP contribution in [-0.2, 0) is 22.7 Å². The van der Waals surface area contributed by atoms with E-state index < -0.39 is 29.7 Å². The minimum Gasteiger partial charge on any atom is -0.363 e. The van der Waals surface area contributed by atoms with Gasteiger partial charge in [0.05, 0.1) is 17.7 Å². The zero-order valence-corrected chi connectivity index (χ0v) is 14.7. The maximum atomic E-state index is 13.0. The van der Waals surface area contributed by atoms with Crippen LogP contribution in [0.1, 0.15) is 44.9 Å². The number of fused-ring (bicyclic) bond motifs is 1. The fourth-order valence-corrected chi connectivity index (χ4v) is 3.41. The molecule has 1 atom stereocenters. The molecule has 1 aromatic heterocycles. The minimum atomic E-state index is -0.992. The van der Waals surface area contributed by atoms with Gasteiger partial charge in [0.1, 0.15) is 6.04 Å². The van der Waals surface area contributed by atoms with Crippen molar-refractivity contribution in [2.75, 3.05) is 5.32 Å². The highest BCUT2D eigenvalue weighted by Gasteiger charge is 2.45. The van der Waals surface area contributed by atoms with Gasteiger partial charge in [0.25, 0.3) is 11.8 Å². The first kappa shape index (κ1) is 17.9. The molecule has 0 radical (unpaired) electrons. The summed E-state index contributed by atoms with van der Waals surface area (Å²) in [6.07, 6.45) is 0.193. The van der Waals surface area contributed by atoms with Gasteiger partial charge in [0, 0.05) is 19.0 Å². The molecule has 4 N–H and O–H groups in total. The quantitative estimate of drug-likeness (QED) is 0.618. The lowest BCUT2D eigenvalue weighted by molar-refractivity contribution is -0.136. The molecular formula is C18H17N5O5. The highest BCUT2D eigenvalue weighted by molar-refractivity contribution is 6.24. The summed E-state index contributed by atoms with van der Waals surface area (Å²) in [7, 11) is 0. The van der Waals surface area contributed by atoms with Crippen molar-refractivity contribution < 1.29 is 23.7 Å². The van der Waals surface area contributed by atoms with Crippen LogP contribution in [0.2, 0.25) is 0 Å². The Kier molecular flexibility index (Phi) is 4.40. The molecule has 10 nitrogen and oxygen atoms in total. The van der Waals surface area contributed by atoms with E-state index in [0.29, 0.717) is 17.1 Å². The summed E-state index contributed by atoms with van der Waals surface area (Å²) in [5, 5.41) is 9.02. The van der Waals surface area contributed by atoms with Gasteiger partial charge in [0.15, 0.2) is 11.6 Å². The number of hydrogen-bond donors (Lipinski definition) is 3. The summed E-state index contributed by atoms with van der Waals surface area (Å²) in [6, 6.07) is 5.59. The highest BCUT2D eigenvalue weighted by atomic mass is 16.5. The van der Waals surface area contributed by atoms with Crippen molar-refractivity contribution in [3.05, 3.63) is 46.7 Å². The third kappa shape index (κ3) is 2.93. The van der Waals surface area contributed by atoms with Gasteiger partial charge in [0.2, 0.25) is 11.8 Å². The molecule has 3 heterocycles. The second-order valence-electron chi connectivity index (χ2n) is 6.52. The smallest absolute Gasteiger partial charge is 0.262 e. The van der Waals surface area contributed by atoms with Crippen molar-refractivity contribution in [2.24, 2.45) is 5.73 Å². The van der Waals surface area contributed by atoms with Crippen LogP contribution in [0.4, 0.5) is 5.82 Å². The molecule has 0 bridgehead atoms. The molecule has 4 rings (SSSR count). The fraction of sp³-hybridized carbons (Fsp3) is 0.278. The van der Waals surface area contributed by atoms with E-state index in [9.17, 15) is 19.2 Å². The Hall–Kier alpha value is -3.53. The Balaban J connectivity index is 1.59. The van der Waals surface area contributed by atoms with Gasteiger partial charge in [-0.2, -0.15) is 0 Å². The number of carbonyl (C=O) groups is 4. The third-order valence-electron chi connectivity index (χ3n) is 4.77. The molecule has 2 aliphatic heterocycles. The molecule has 144 valence electrons. The number of amides is 4. The molecule has 28 heavy (non-hydrogen) atoms. The number of nitrogens with two attached hydrogens (primary N) is 1. The zero-order chi connectivity index (χ0) is 19.8.